The van der Waals surface area contributed by atoms with Crippen LogP contribution in [0.1, 0.15) is 37.3 Å². The first-order valence-electron chi connectivity index (χ1n) is 7.08. The molecule has 0 atom stereocenters. The summed E-state index contributed by atoms with van der Waals surface area (Å²) in [5.41, 5.74) is 4.44. The maximum absolute atomic E-state index is 5.41. The highest BCUT2D eigenvalue weighted by Crippen LogP contribution is 2.29. The van der Waals surface area contributed by atoms with Crippen molar-refractivity contribution in [2.45, 2.75) is 57.5 Å². The van der Waals surface area contributed by atoms with Gasteiger partial charge in [0.25, 0.3) is 0 Å². The van der Waals surface area contributed by atoms with Gasteiger partial charge in [-0.3, -0.25) is 4.68 Å². The summed E-state index contributed by atoms with van der Waals surface area (Å²) in [6.45, 7) is 6.78. The second-order valence-electron chi connectivity index (χ2n) is 6.38. The minimum absolute atomic E-state index is 0.443. The zero-order valence-electron chi connectivity index (χ0n) is 12.4. The number of ether oxygens (including phenoxy) is 1. The summed E-state index contributed by atoms with van der Waals surface area (Å²) >= 11 is 0. The molecule has 3 nitrogen and oxygen atoms in total. The van der Waals surface area contributed by atoms with E-state index in [2.05, 4.69) is 47.1 Å². The van der Waals surface area contributed by atoms with E-state index < -0.39 is 8.07 Å². The van der Waals surface area contributed by atoms with Crippen LogP contribution in [0.15, 0.2) is 12.4 Å². The molecule has 0 aromatic carbocycles. The molecule has 1 aliphatic carbocycles. The zero-order chi connectivity index (χ0) is 13.9. The standard InChI is InChI=1S/C15H24N2OSi/c1-18-15-7-5-14(6-8-15)17-12-13(11-16-17)9-10-19(2,3)4/h11-12,14-15H,5-8H2,1-4H3. The van der Waals surface area contributed by atoms with Crippen LogP contribution in [0.3, 0.4) is 0 Å². The van der Waals surface area contributed by atoms with Gasteiger partial charge in [0.2, 0.25) is 0 Å². The Balaban J connectivity index is 1.99. The van der Waals surface area contributed by atoms with Gasteiger partial charge in [0.1, 0.15) is 8.07 Å². The molecule has 0 N–H and O–H groups in total. The fraction of sp³-hybridized carbons (Fsp3) is 0.667. The summed E-state index contributed by atoms with van der Waals surface area (Å²) < 4.78 is 7.51. The Bertz CT molecular complexity index is 470. The summed E-state index contributed by atoms with van der Waals surface area (Å²) in [7, 11) is 0.510. The van der Waals surface area contributed by atoms with Crippen molar-refractivity contribution < 1.29 is 4.74 Å². The fourth-order valence-corrected chi connectivity index (χ4v) is 2.93. The Hall–Kier alpha value is -1.05. The molecule has 104 valence electrons. The van der Waals surface area contributed by atoms with E-state index >= 15 is 0 Å². The van der Waals surface area contributed by atoms with E-state index in [9.17, 15) is 0 Å². The van der Waals surface area contributed by atoms with Gasteiger partial charge in [-0.25, -0.2) is 0 Å². The van der Waals surface area contributed by atoms with Crippen molar-refractivity contribution in [3.63, 3.8) is 0 Å². The smallest absolute Gasteiger partial charge is 0.129 e. The lowest BCUT2D eigenvalue weighted by Gasteiger charge is -2.27. The molecule has 0 saturated heterocycles. The van der Waals surface area contributed by atoms with Crippen LogP contribution >= 0.6 is 0 Å². The summed E-state index contributed by atoms with van der Waals surface area (Å²) in [6.07, 6.45) is 9.02. The van der Waals surface area contributed by atoms with Gasteiger partial charge in [-0.05, 0) is 25.7 Å². The average Bonchev–Trinajstić information content (AvgIpc) is 2.84. The molecular formula is C15H24N2OSi. The number of aromatic nitrogens is 2. The molecule has 0 aliphatic heterocycles. The fourth-order valence-electron chi connectivity index (χ4n) is 2.41. The van der Waals surface area contributed by atoms with E-state index in [4.69, 9.17) is 4.74 Å². The Morgan fingerprint density at radius 2 is 1.95 bits per heavy atom. The monoisotopic (exact) mass is 276 g/mol. The van der Waals surface area contributed by atoms with Crippen LogP contribution in [-0.4, -0.2) is 31.1 Å². The van der Waals surface area contributed by atoms with E-state index in [1.807, 2.05) is 13.3 Å². The van der Waals surface area contributed by atoms with Crippen LogP contribution in [0.4, 0.5) is 0 Å². The third-order valence-electron chi connectivity index (χ3n) is 3.53. The van der Waals surface area contributed by atoms with Gasteiger partial charge < -0.3 is 4.74 Å². The molecule has 19 heavy (non-hydrogen) atoms. The first kappa shape index (κ1) is 14.4. The van der Waals surface area contributed by atoms with Crippen molar-refractivity contribution in [1.29, 1.82) is 0 Å². The summed E-state index contributed by atoms with van der Waals surface area (Å²) in [5.74, 6) is 3.27. The number of rotatable bonds is 2. The molecule has 1 aliphatic rings. The van der Waals surface area contributed by atoms with Crippen LogP contribution in [0.25, 0.3) is 0 Å². The van der Waals surface area contributed by atoms with E-state index in [0.717, 1.165) is 31.2 Å². The minimum atomic E-state index is -1.30. The predicted octanol–water partition coefficient (Wildman–Crippen LogP) is 3.24. The molecule has 2 rings (SSSR count). The molecule has 1 heterocycles. The highest BCUT2D eigenvalue weighted by Gasteiger charge is 2.22. The summed E-state index contributed by atoms with van der Waals surface area (Å²) in [4.78, 5) is 0. The topological polar surface area (TPSA) is 27.1 Å². The van der Waals surface area contributed by atoms with Crippen molar-refractivity contribution >= 4 is 8.07 Å². The van der Waals surface area contributed by atoms with Crippen molar-refractivity contribution in [3.8, 4) is 11.5 Å². The number of methoxy groups -OCH3 is 1. The highest BCUT2D eigenvalue weighted by atomic mass is 28.3. The minimum Gasteiger partial charge on any atom is -0.381 e. The molecule has 4 heteroatoms. The molecule has 1 fully saturated rings. The molecule has 0 spiro atoms. The normalized spacial score (nSPS) is 23.8. The van der Waals surface area contributed by atoms with Gasteiger partial charge in [-0.2, -0.15) is 5.10 Å². The average molecular weight is 276 g/mol. The second-order valence-corrected chi connectivity index (χ2v) is 11.1. The lowest BCUT2D eigenvalue weighted by Crippen LogP contribution is -2.22. The lowest BCUT2D eigenvalue weighted by atomic mass is 9.93. The second kappa shape index (κ2) is 5.94. The molecule has 1 saturated carbocycles. The SMILES string of the molecule is COC1CCC(n2cc(C#C[Si](C)(C)C)cn2)CC1. The van der Waals surface area contributed by atoms with Crippen LogP contribution in [-0.2, 0) is 4.74 Å². The predicted molar refractivity (Wildman–Crippen MR) is 80.8 cm³/mol. The van der Waals surface area contributed by atoms with Crippen LogP contribution in [0.2, 0.25) is 19.6 Å². The van der Waals surface area contributed by atoms with Crippen LogP contribution in [0.5, 0.6) is 0 Å². The van der Waals surface area contributed by atoms with E-state index in [0.29, 0.717) is 12.1 Å². The van der Waals surface area contributed by atoms with Crippen LogP contribution in [0, 0.1) is 11.5 Å². The maximum Gasteiger partial charge on any atom is 0.129 e. The van der Waals surface area contributed by atoms with Gasteiger partial charge in [0, 0.05) is 13.3 Å². The zero-order valence-corrected chi connectivity index (χ0v) is 13.4. The molecule has 0 radical (unpaired) electrons. The molecule has 1 aromatic rings. The Kier molecular flexibility index (Phi) is 4.49. The van der Waals surface area contributed by atoms with Crippen LogP contribution < -0.4 is 0 Å². The van der Waals surface area contributed by atoms with Gasteiger partial charge in [-0.15, -0.1) is 5.54 Å². The maximum atomic E-state index is 5.41. The van der Waals surface area contributed by atoms with Gasteiger partial charge >= 0.3 is 0 Å². The highest BCUT2D eigenvalue weighted by molar-refractivity contribution is 6.83. The van der Waals surface area contributed by atoms with Crippen molar-refractivity contribution in [3.05, 3.63) is 18.0 Å². The molecular weight excluding hydrogens is 252 g/mol. The van der Waals surface area contributed by atoms with E-state index in [1.165, 1.54) is 0 Å². The third kappa shape index (κ3) is 4.22. The van der Waals surface area contributed by atoms with Crippen molar-refractivity contribution in [2.24, 2.45) is 0 Å². The largest absolute Gasteiger partial charge is 0.381 e. The Morgan fingerprint density at radius 1 is 1.26 bits per heavy atom. The third-order valence-corrected chi connectivity index (χ3v) is 4.41. The molecule has 0 bridgehead atoms. The molecule has 1 aromatic heterocycles. The number of nitrogens with zero attached hydrogens (tertiary/aromatic N) is 2. The first-order chi connectivity index (χ1) is 8.98. The summed E-state index contributed by atoms with van der Waals surface area (Å²) in [5, 5.41) is 4.48. The molecule has 0 amide bonds. The van der Waals surface area contributed by atoms with Gasteiger partial charge in [0.05, 0.1) is 23.9 Å². The summed E-state index contributed by atoms with van der Waals surface area (Å²) in [6, 6.07) is 0.522. The van der Waals surface area contributed by atoms with Crippen molar-refractivity contribution in [1.82, 2.24) is 9.78 Å². The number of hydrogen-bond donors (Lipinski definition) is 0. The van der Waals surface area contributed by atoms with Crippen molar-refractivity contribution in [2.75, 3.05) is 7.11 Å². The quantitative estimate of drug-likeness (QED) is 0.612. The molecule has 0 unspecified atom stereocenters. The van der Waals surface area contributed by atoms with Gasteiger partial charge in [0.15, 0.2) is 0 Å². The Morgan fingerprint density at radius 3 is 2.53 bits per heavy atom. The number of hydrogen-bond acceptors (Lipinski definition) is 2. The Labute approximate surface area is 117 Å². The first-order valence-corrected chi connectivity index (χ1v) is 10.6. The van der Waals surface area contributed by atoms with Gasteiger partial charge in [-0.1, -0.05) is 25.6 Å². The van der Waals surface area contributed by atoms with E-state index in [-0.39, 0.29) is 0 Å². The van der Waals surface area contributed by atoms with E-state index in [1.54, 1.807) is 0 Å². The lowest BCUT2D eigenvalue weighted by molar-refractivity contribution is 0.0568.